The van der Waals surface area contributed by atoms with Crippen LogP contribution in [0, 0.1) is 0 Å². The Kier molecular flexibility index (Phi) is 6.39. The predicted molar refractivity (Wildman–Crippen MR) is 112 cm³/mol. The number of fused-ring (bicyclic) bond motifs is 1. The molecule has 0 saturated carbocycles. The number of amides is 1. The third-order valence-corrected chi connectivity index (χ3v) is 4.67. The number of carbonyl (C=O) groups excluding carboxylic acids is 2. The quantitative estimate of drug-likeness (QED) is 0.573. The summed E-state index contributed by atoms with van der Waals surface area (Å²) in [6.07, 6.45) is 0. The summed E-state index contributed by atoms with van der Waals surface area (Å²) < 4.78 is 4.80. The summed E-state index contributed by atoms with van der Waals surface area (Å²) in [5.41, 5.74) is 1.89. The molecule has 28 heavy (non-hydrogen) atoms. The molecule has 2 N–H and O–H groups in total. The van der Waals surface area contributed by atoms with E-state index >= 15 is 0 Å². The van der Waals surface area contributed by atoms with Crippen LogP contribution in [0.3, 0.4) is 0 Å². The monoisotopic (exact) mass is 416 g/mol. The minimum absolute atomic E-state index is 0.0194. The van der Waals surface area contributed by atoms with Crippen molar-refractivity contribution in [3.05, 3.63) is 75.8 Å². The van der Waals surface area contributed by atoms with Gasteiger partial charge in [-0.2, -0.15) is 0 Å². The molecule has 0 unspecified atom stereocenters. The Labute approximate surface area is 172 Å². The zero-order valence-corrected chi connectivity index (χ0v) is 16.6. The molecule has 0 aromatic heterocycles. The van der Waals surface area contributed by atoms with Crippen LogP contribution in [0.15, 0.2) is 54.6 Å². The zero-order chi connectivity index (χ0) is 20.1. The van der Waals surface area contributed by atoms with Crippen molar-refractivity contribution < 1.29 is 14.3 Å². The largest absolute Gasteiger partial charge is 0.465 e. The number of methoxy groups -OCH3 is 1. The van der Waals surface area contributed by atoms with Gasteiger partial charge in [-0.25, -0.2) is 4.79 Å². The third kappa shape index (κ3) is 4.74. The average molecular weight is 417 g/mol. The lowest BCUT2D eigenvalue weighted by Crippen LogP contribution is -2.29. The van der Waals surface area contributed by atoms with Crippen LogP contribution in [-0.2, 0) is 16.1 Å². The lowest BCUT2D eigenvalue weighted by Gasteiger charge is -2.14. The van der Waals surface area contributed by atoms with Gasteiger partial charge in [0.05, 0.1) is 24.2 Å². The van der Waals surface area contributed by atoms with E-state index in [-0.39, 0.29) is 12.5 Å². The average Bonchev–Trinajstić information content (AvgIpc) is 2.69. The molecule has 144 valence electrons. The summed E-state index contributed by atoms with van der Waals surface area (Å²) in [5, 5.41) is 8.12. The van der Waals surface area contributed by atoms with E-state index in [1.165, 1.54) is 7.11 Å². The molecule has 0 spiro atoms. The van der Waals surface area contributed by atoms with E-state index in [1.807, 2.05) is 30.3 Å². The summed E-state index contributed by atoms with van der Waals surface area (Å²) in [4.78, 5) is 24.2. The first-order valence-corrected chi connectivity index (χ1v) is 9.29. The Balaban J connectivity index is 1.80. The maximum atomic E-state index is 12.2. The maximum absolute atomic E-state index is 12.2. The summed E-state index contributed by atoms with van der Waals surface area (Å²) in [6.45, 7) is 0.451. The van der Waals surface area contributed by atoms with Crippen molar-refractivity contribution in [3.63, 3.8) is 0 Å². The Morgan fingerprint density at radius 2 is 1.79 bits per heavy atom. The van der Waals surface area contributed by atoms with Crippen LogP contribution in [0.1, 0.15) is 15.9 Å². The highest BCUT2D eigenvalue weighted by molar-refractivity contribution is 6.39. The van der Waals surface area contributed by atoms with Gasteiger partial charge < -0.3 is 15.4 Å². The minimum Gasteiger partial charge on any atom is -0.465 e. The highest BCUT2D eigenvalue weighted by Gasteiger charge is 2.14. The molecule has 0 aliphatic carbocycles. The van der Waals surface area contributed by atoms with Gasteiger partial charge in [-0.3, -0.25) is 4.79 Å². The van der Waals surface area contributed by atoms with E-state index in [0.717, 1.165) is 5.56 Å². The molecule has 0 saturated heterocycles. The van der Waals surface area contributed by atoms with Gasteiger partial charge >= 0.3 is 5.97 Å². The molecular formula is C21H18Cl2N2O3. The molecule has 0 aliphatic heterocycles. The summed E-state index contributed by atoms with van der Waals surface area (Å²) in [5.74, 6) is -0.680. The van der Waals surface area contributed by atoms with Crippen molar-refractivity contribution in [3.8, 4) is 0 Å². The van der Waals surface area contributed by atoms with E-state index in [4.69, 9.17) is 27.9 Å². The van der Waals surface area contributed by atoms with Crippen LogP contribution in [0.25, 0.3) is 10.8 Å². The molecule has 0 bridgehead atoms. The van der Waals surface area contributed by atoms with Crippen LogP contribution in [0.2, 0.25) is 10.0 Å². The van der Waals surface area contributed by atoms with Crippen LogP contribution in [0.5, 0.6) is 0 Å². The number of rotatable bonds is 6. The van der Waals surface area contributed by atoms with Crippen LogP contribution in [0.4, 0.5) is 5.69 Å². The second-order valence-corrected chi connectivity index (χ2v) is 6.96. The molecule has 5 nitrogen and oxygen atoms in total. The number of ether oxygens (including phenoxy) is 1. The first-order chi connectivity index (χ1) is 13.5. The van der Waals surface area contributed by atoms with Gasteiger partial charge in [0.25, 0.3) is 0 Å². The van der Waals surface area contributed by atoms with E-state index in [2.05, 4.69) is 10.6 Å². The zero-order valence-electron chi connectivity index (χ0n) is 15.1. The van der Waals surface area contributed by atoms with E-state index in [1.54, 1.807) is 24.3 Å². The fraction of sp³-hybridized carbons (Fsp3) is 0.143. The van der Waals surface area contributed by atoms with E-state index < -0.39 is 5.97 Å². The number of hydrogen-bond acceptors (Lipinski definition) is 4. The molecule has 0 radical (unpaired) electrons. The topological polar surface area (TPSA) is 67.4 Å². The Morgan fingerprint density at radius 1 is 1.04 bits per heavy atom. The standard InChI is InChI=1S/C21H18Cl2N2O3/c1-28-21(27)15-7-14-8-16(22)10-17(23)20(14)18(9-15)24-12-19(26)25-11-13-5-3-2-4-6-13/h2-10,24H,11-12H2,1H3,(H,25,26). The van der Waals surface area contributed by atoms with Crippen molar-refractivity contribution in [1.29, 1.82) is 0 Å². The van der Waals surface area contributed by atoms with Crippen molar-refractivity contribution in [1.82, 2.24) is 5.32 Å². The highest BCUT2D eigenvalue weighted by atomic mass is 35.5. The van der Waals surface area contributed by atoms with Gasteiger partial charge in [0, 0.05) is 22.6 Å². The van der Waals surface area contributed by atoms with Crippen molar-refractivity contribution >= 4 is 51.5 Å². The van der Waals surface area contributed by atoms with E-state index in [9.17, 15) is 9.59 Å². The summed E-state index contributed by atoms with van der Waals surface area (Å²) >= 11 is 12.4. The Morgan fingerprint density at radius 3 is 2.50 bits per heavy atom. The fourth-order valence-corrected chi connectivity index (χ4v) is 3.45. The van der Waals surface area contributed by atoms with Gasteiger partial charge in [0.15, 0.2) is 0 Å². The third-order valence-electron chi connectivity index (χ3n) is 4.16. The minimum atomic E-state index is -0.491. The van der Waals surface area contributed by atoms with E-state index in [0.29, 0.717) is 38.6 Å². The second kappa shape index (κ2) is 8.95. The molecule has 0 heterocycles. The first-order valence-electron chi connectivity index (χ1n) is 8.53. The van der Waals surface area contributed by atoms with Crippen LogP contribution in [-0.4, -0.2) is 25.5 Å². The summed E-state index contributed by atoms with van der Waals surface area (Å²) in [6, 6.07) is 16.2. The molecule has 1 amide bonds. The maximum Gasteiger partial charge on any atom is 0.337 e. The lowest BCUT2D eigenvalue weighted by molar-refractivity contribution is -0.119. The van der Waals surface area contributed by atoms with Gasteiger partial charge in [0.2, 0.25) is 5.91 Å². The van der Waals surface area contributed by atoms with Crippen LogP contribution >= 0.6 is 23.2 Å². The molecule has 0 atom stereocenters. The number of hydrogen-bond donors (Lipinski definition) is 2. The number of halogens is 2. The van der Waals surface area contributed by atoms with Crippen molar-refractivity contribution in [2.75, 3.05) is 19.0 Å². The fourth-order valence-electron chi connectivity index (χ4n) is 2.84. The molecule has 3 aromatic carbocycles. The number of esters is 1. The molecule has 7 heteroatoms. The number of nitrogens with one attached hydrogen (secondary N) is 2. The molecule has 0 aliphatic rings. The SMILES string of the molecule is COC(=O)c1cc(NCC(=O)NCc2ccccc2)c2c(Cl)cc(Cl)cc2c1. The summed E-state index contributed by atoms with van der Waals surface area (Å²) in [7, 11) is 1.31. The Hall–Kier alpha value is -2.76. The number of carbonyl (C=O) groups is 2. The second-order valence-electron chi connectivity index (χ2n) is 6.12. The highest BCUT2D eigenvalue weighted by Crippen LogP contribution is 2.34. The van der Waals surface area contributed by atoms with Crippen molar-refractivity contribution in [2.24, 2.45) is 0 Å². The Bertz CT molecular complexity index is 1020. The lowest BCUT2D eigenvalue weighted by atomic mass is 10.0. The van der Waals surface area contributed by atoms with Gasteiger partial charge in [-0.1, -0.05) is 53.5 Å². The predicted octanol–water partition coefficient (Wildman–Crippen LogP) is 4.66. The van der Waals surface area contributed by atoms with Gasteiger partial charge in [0.1, 0.15) is 0 Å². The normalized spacial score (nSPS) is 10.5. The molecule has 3 aromatic rings. The number of benzene rings is 3. The smallest absolute Gasteiger partial charge is 0.337 e. The first kappa shape index (κ1) is 20.0. The molecule has 0 fully saturated rings. The molecular weight excluding hydrogens is 399 g/mol. The van der Waals surface area contributed by atoms with Gasteiger partial charge in [-0.05, 0) is 35.2 Å². The van der Waals surface area contributed by atoms with Crippen LogP contribution < -0.4 is 10.6 Å². The van der Waals surface area contributed by atoms with Gasteiger partial charge in [-0.15, -0.1) is 0 Å². The van der Waals surface area contributed by atoms with Crippen molar-refractivity contribution in [2.45, 2.75) is 6.54 Å². The molecule has 3 rings (SSSR count). The number of anilines is 1.